The van der Waals surface area contributed by atoms with Gasteiger partial charge in [0.2, 0.25) is 0 Å². The van der Waals surface area contributed by atoms with Gasteiger partial charge in [0.05, 0.1) is 11.4 Å². The van der Waals surface area contributed by atoms with E-state index in [-0.39, 0.29) is 0 Å². The maximum absolute atomic E-state index is 5.89. The number of nitrogens with zero attached hydrogens (tertiary/aromatic N) is 1. The Kier molecular flexibility index (Phi) is 1.81. The van der Waals surface area contributed by atoms with Crippen LogP contribution in [0.2, 0.25) is 0 Å². The van der Waals surface area contributed by atoms with E-state index in [1.165, 1.54) is 5.56 Å². The minimum Gasteiger partial charge on any atom is -0.397 e. The molecule has 2 heteroatoms. The molecule has 1 aromatic carbocycles. The number of hydrogen-bond acceptors (Lipinski definition) is 1. The zero-order valence-electron chi connectivity index (χ0n) is 7.57. The molecule has 0 fully saturated rings. The average molecular weight is 172 g/mol. The highest BCUT2D eigenvalue weighted by Crippen LogP contribution is 2.20. The zero-order valence-corrected chi connectivity index (χ0v) is 7.57. The van der Waals surface area contributed by atoms with E-state index >= 15 is 0 Å². The molecule has 0 radical (unpaired) electrons. The SMILES string of the molecule is Cc1cccc(N)c1-n1cccc1. The summed E-state index contributed by atoms with van der Waals surface area (Å²) in [5.74, 6) is 0. The lowest BCUT2D eigenvalue weighted by Gasteiger charge is -2.09. The number of aromatic nitrogens is 1. The van der Waals surface area contributed by atoms with Gasteiger partial charge in [-0.25, -0.2) is 0 Å². The largest absolute Gasteiger partial charge is 0.397 e. The van der Waals surface area contributed by atoms with E-state index in [1.54, 1.807) is 0 Å². The molecule has 13 heavy (non-hydrogen) atoms. The molecule has 0 bridgehead atoms. The maximum Gasteiger partial charge on any atom is 0.0710 e. The van der Waals surface area contributed by atoms with Crippen molar-refractivity contribution in [2.75, 3.05) is 5.73 Å². The van der Waals surface area contributed by atoms with Crippen LogP contribution in [0.4, 0.5) is 5.69 Å². The van der Waals surface area contributed by atoms with Gasteiger partial charge in [0, 0.05) is 12.4 Å². The van der Waals surface area contributed by atoms with E-state index in [0.29, 0.717) is 0 Å². The molecular formula is C11H12N2. The van der Waals surface area contributed by atoms with Gasteiger partial charge in [-0.05, 0) is 30.7 Å². The van der Waals surface area contributed by atoms with Crippen LogP contribution in [0.25, 0.3) is 5.69 Å². The third kappa shape index (κ3) is 1.31. The van der Waals surface area contributed by atoms with Gasteiger partial charge in [0.1, 0.15) is 0 Å². The Bertz CT molecular complexity index is 382. The molecule has 0 atom stereocenters. The predicted molar refractivity (Wildman–Crippen MR) is 54.9 cm³/mol. The third-order valence-electron chi connectivity index (χ3n) is 2.13. The molecule has 0 saturated carbocycles. The maximum atomic E-state index is 5.89. The Hall–Kier alpha value is -1.70. The Balaban J connectivity index is 2.64. The molecule has 2 nitrogen and oxygen atoms in total. The van der Waals surface area contributed by atoms with Crippen molar-refractivity contribution in [2.24, 2.45) is 0 Å². The summed E-state index contributed by atoms with van der Waals surface area (Å²) < 4.78 is 2.03. The van der Waals surface area contributed by atoms with E-state index in [9.17, 15) is 0 Å². The van der Waals surface area contributed by atoms with E-state index in [4.69, 9.17) is 5.73 Å². The summed E-state index contributed by atoms with van der Waals surface area (Å²) >= 11 is 0. The van der Waals surface area contributed by atoms with Crippen LogP contribution in [0.1, 0.15) is 5.56 Å². The van der Waals surface area contributed by atoms with E-state index in [0.717, 1.165) is 11.4 Å². The number of anilines is 1. The summed E-state index contributed by atoms with van der Waals surface area (Å²) in [5, 5.41) is 0. The monoisotopic (exact) mass is 172 g/mol. The average Bonchev–Trinajstić information content (AvgIpc) is 2.57. The summed E-state index contributed by atoms with van der Waals surface area (Å²) in [6.45, 7) is 2.06. The van der Waals surface area contributed by atoms with Crippen LogP contribution in [0.15, 0.2) is 42.7 Å². The highest BCUT2D eigenvalue weighted by Gasteiger charge is 2.02. The van der Waals surface area contributed by atoms with Gasteiger partial charge in [-0.2, -0.15) is 0 Å². The smallest absolute Gasteiger partial charge is 0.0710 e. The fourth-order valence-electron chi connectivity index (χ4n) is 1.52. The van der Waals surface area contributed by atoms with Crippen LogP contribution in [-0.4, -0.2) is 4.57 Å². The molecule has 0 unspecified atom stereocenters. The predicted octanol–water partition coefficient (Wildman–Crippen LogP) is 2.37. The van der Waals surface area contributed by atoms with Crippen LogP contribution < -0.4 is 5.73 Å². The number of benzene rings is 1. The van der Waals surface area contributed by atoms with E-state index < -0.39 is 0 Å². The Morgan fingerprint density at radius 1 is 1.08 bits per heavy atom. The number of hydrogen-bond donors (Lipinski definition) is 1. The van der Waals surface area contributed by atoms with Crippen molar-refractivity contribution in [1.29, 1.82) is 0 Å². The molecule has 1 aromatic heterocycles. The zero-order chi connectivity index (χ0) is 9.26. The summed E-state index contributed by atoms with van der Waals surface area (Å²) in [7, 11) is 0. The highest BCUT2D eigenvalue weighted by molar-refractivity contribution is 5.61. The van der Waals surface area contributed by atoms with Gasteiger partial charge >= 0.3 is 0 Å². The summed E-state index contributed by atoms with van der Waals surface area (Å²) in [6, 6.07) is 9.93. The molecule has 0 aliphatic rings. The van der Waals surface area contributed by atoms with Gasteiger partial charge in [-0.15, -0.1) is 0 Å². The van der Waals surface area contributed by atoms with Crippen molar-refractivity contribution in [3.05, 3.63) is 48.3 Å². The normalized spacial score (nSPS) is 10.2. The number of rotatable bonds is 1. The summed E-state index contributed by atoms with van der Waals surface area (Å²) in [6.07, 6.45) is 4.00. The lowest BCUT2D eigenvalue weighted by molar-refractivity contribution is 1.06. The summed E-state index contributed by atoms with van der Waals surface area (Å²) in [5.41, 5.74) is 8.98. The van der Waals surface area contributed by atoms with Gasteiger partial charge < -0.3 is 10.3 Å². The van der Waals surface area contributed by atoms with Crippen molar-refractivity contribution in [3.63, 3.8) is 0 Å². The molecule has 0 spiro atoms. The van der Waals surface area contributed by atoms with Crippen molar-refractivity contribution in [2.45, 2.75) is 6.92 Å². The topological polar surface area (TPSA) is 30.9 Å². The second-order valence-corrected chi connectivity index (χ2v) is 3.10. The molecule has 0 aliphatic heterocycles. The lowest BCUT2D eigenvalue weighted by atomic mass is 10.1. The first-order valence-electron chi connectivity index (χ1n) is 4.27. The third-order valence-corrected chi connectivity index (χ3v) is 2.13. The van der Waals surface area contributed by atoms with Crippen LogP contribution in [-0.2, 0) is 0 Å². The molecule has 0 amide bonds. The fraction of sp³-hybridized carbons (Fsp3) is 0.0909. The van der Waals surface area contributed by atoms with E-state index in [2.05, 4.69) is 13.0 Å². The number of nitrogens with two attached hydrogens (primary N) is 1. The van der Waals surface area contributed by atoms with Gasteiger partial charge in [0.15, 0.2) is 0 Å². The molecule has 2 rings (SSSR count). The molecule has 2 N–H and O–H groups in total. The van der Waals surface area contributed by atoms with Crippen LogP contribution in [0.3, 0.4) is 0 Å². The second-order valence-electron chi connectivity index (χ2n) is 3.10. The number of aryl methyl sites for hydroxylation is 1. The standard InChI is InChI=1S/C11H12N2/c1-9-5-4-6-10(12)11(9)13-7-2-3-8-13/h2-8H,12H2,1H3. The Morgan fingerprint density at radius 2 is 1.77 bits per heavy atom. The number of nitrogen functional groups attached to an aromatic ring is 1. The lowest BCUT2D eigenvalue weighted by Crippen LogP contribution is -1.99. The van der Waals surface area contributed by atoms with Crippen molar-refractivity contribution in [3.8, 4) is 5.69 Å². The molecule has 66 valence electrons. The fourth-order valence-corrected chi connectivity index (χ4v) is 1.52. The van der Waals surface area contributed by atoms with Crippen molar-refractivity contribution >= 4 is 5.69 Å². The molecule has 1 heterocycles. The van der Waals surface area contributed by atoms with Crippen LogP contribution in [0.5, 0.6) is 0 Å². The number of para-hydroxylation sites is 1. The molecule has 0 saturated heterocycles. The van der Waals surface area contributed by atoms with Gasteiger partial charge in [-0.1, -0.05) is 12.1 Å². The quantitative estimate of drug-likeness (QED) is 0.658. The van der Waals surface area contributed by atoms with Gasteiger partial charge in [0.25, 0.3) is 0 Å². The first-order valence-corrected chi connectivity index (χ1v) is 4.27. The highest BCUT2D eigenvalue weighted by atomic mass is 15.0. The van der Waals surface area contributed by atoms with Gasteiger partial charge in [-0.3, -0.25) is 0 Å². The minimum absolute atomic E-state index is 0.816. The summed E-state index contributed by atoms with van der Waals surface area (Å²) in [4.78, 5) is 0. The Labute approximate surface area is 77.6 Å². The molecular weight excluding hydrogens is 160 g/mol. The minimum atomic E-state index is 0.816. The first kappa shape index (κ1) is 7.92. The van der Waals surface area contributed by atoms with Crippen LogP contribution >= 0.6 is 0 Å². The Morgan fingerprint density at radius 3 is 2.38 bits per heavy atom. The van der Waals surface area contributed by atoms with E-state index in [1.807, 2.05) is 41.2 Å². The molecule has 0 aliphatic carbocycles. The first-order chi connectivity index (χ1) is 6.29. The van der Waals surface area contributed by atoms with Crippen molar-refractivity contribution < 1.29 is 0 Å². The van der Waals surface area contributed by atoms with Crippen molar-refractivity contribution in [1.82, 2.24) is 4.57 Å². The molecule has 2 aromatic rings. The van der Waals surface area contributed by atoms with Crippen LogP contribution in [0, 0.1) is 6.92 Å². The second kappa shape index (κ2) is 2.98.